The van der Waals surface area contributed by atoms with Crippen LogP contribution in [0.2, 0.25) is 0 Å². The lowest BCUT2D eigenvalue weighted by molar-refractivity contribution is 0.512. The second-order valence-corrected chi connectivity index (χ2v) is 6.27. The Hall–Kier alpha value is -0.840. The molecule has 108 valence electrons. The van der Waals surface area contributed by atoms with Crippen LogP contribution in [0.1, 0.15) is 52.9 Å². The van der Waals surface area contributed by atoms with E-state index in [4.69, 9.17) is 12.2 Å². The molecule has 1 saturated carbocycles. The topological polar surface area (TPSA) is 36.9 Å². The normalized spacial score (nSPS) is 16.4. The lowest BCUT2D eigenvalue weighted by Gasteiger charge is -2.30. The number of aromatic nitrogens is 3. The molecule has 0 aliphatic heterocycles. The van der Waals surface area contributed by atoms with Crippen molar-refractivity contribution in [1.29, 1.82) is 0 Å². The van der Waals surface area contributed by atoms with E-state index in [1.165, 1.54) is 32.1 Å². The number of anilines is 1. The van der Waals surface area contributed by atoms with Crippen molar-refractivity contribution in [3.63, 3.8) is 0 Å². The van der Waals surface area contributed by atoms with Crippen molar-refractivity contribution >= 4 is 18.2 Å². The highest BCUT2D eigenvalue weighted by Gasteiger charge is 2.26. The molecule has 0 bridgehead atoms. The van der Waals surface area contributed by atoms with Crippen LogP contribution in [0.25, 0.3) is 0 Å². The first-order valence-corrected chi connectivity index (χ1v) is 7.96. The Morgan fingerprint density at radius 3 is 2.68 bits per heavy atom. The minimum absolute atomic E-state index is 0.647. The summed E-state index contributed by atoms with van der Waals surface area (Å²) in [5.41, 5.74) is 0. The van der Waals surface area contributed by atoms with Gasteiger partial charge in [0.05, 0.1) is 0 Å². The number of nitrogens with zero attached hydrogens (tertiary/aromatic N) is 3. The smallest absolute Gasteiger partial charge is 0.225 e. The highest BCUT2D eigenvalue weighted by atomic mass is 32.1. The molecule has 1 aromatic heterocycles. The molecule has 2 rings (SSSR count). The number of rotatable bonds is 6. The van der Waals surface area contributed by atoms with Crippen LogP contribution in [0.5, 0.6) is 0 Å². The molecule has 1 N–H and O–H groups in total. The molecule has 1 heterocycles. The Bertz CT molecular complexity index is 443. The van der Waals surface area contributed by atoms with Crippen molar-refractivity contribution in [3.05, 3.63) is 4.77 Å². The average molecular weight is 282 g/mol. The van der Waals surface area contributed by atoms with Gasteiger partial charge >= 0.3 is 0 Å². The Balaban J connectivity index is 2.22. The summed E-state index contributed by atoms with van der Waals surface area (Å²) in [6, 6.07) is 0.647. The third-order valence-electron chi connectivity index (χ3n) is 4.02. The molecule has 1 aliphatic rings. The molecule has 19 heavy (non-hydrogen) atoms. The predicted octanol–water partition coefficient (Wildman–Crippen LogP) is 3.76. The van der Waals surface area contributed by atoms with Crippen molar-refractivity contribution in [2.45, 2.75) is 65.5 Å². The first-order chi connectivity index (χ1) is 9.13. The highest BCUT2D eigenvalue weighted by Crippen LogP contribution is 2.28. The second-order valence-electron chi connectivity index (χ2n) is 5.89. The fourth-order valence-corrected chi connectivity index (χ4v) is 3.13. The maximum atomic E-state index is 5.32. The van der Waals surface area contributed by atoms with Crippen molar-refractivity contribution in [3.8, 4) is 0 Å². The van der Waals surface area contributed by atoms with Crippen molar-refractivity contribution < 1.29 is 0 Å². The lowest BCUT2D eigenvalue weighted by atomic mass is 10.1. The van der Waals surface area contributed by atoms with E-state index in [0.717, 1.165) is 29.7 Å². The molecule has 1 aliphatic carbocycles. The summed E-state index contributed by atoms with van der Waals surface area (Å²) < 4.78 is 2.86. The maximum Gasteiger partial charge on any atom is 0.225 e. The van der Waals surface area contributed by atoms with Crippen LogP contribution in [0, 0.1) is 10.7 Å². The SMILES string of the molecule is CCn1c(N(CCC(C)C)C2CCCC2)n[nH]c1=S. The zero-order chi connectivity index (χ0) is 13.8. The van der Waals surface area contributed by atoms with Gasteiger partial charge in [-0.15, -0.1) is 5.10 Å². The van der Waals surface area contributed by atoms with Crippen LogP contribution < -0.4 is 4.90 Å². The summed E-state index contributed by atoms with van der Waals surface area (Å²) in [5.74, 6) is 1.76. The van der Waals surface area contributed by atoms with E-state index >= 15 is 0 Å². The van der Waals surface area contributed by atoms with Crippen molar-refractivity contribution in [1.82, 2.24) is 14.8 Å². The van der Waals surface area contributed by atoms with Gasteiger partial charge in [0, 0.05) is 19.1 Å². The highest BCUT2D eigenvalue weighted by molar-refractivity contribution is 7.71. The van der Waals surface area contributed by atoms with Gasteiger partial charge in [0.2, 0.25) is 5.95 Å². The van der Waals surface area contributed by atoms with Crippen LogP contribution in [-0.2, 0) is 6.54 Å². The van der Waals surface area contributed by atoms with Crippen LogP contribution in [0.3, 0.4) is 0 Å². The van der Waals surface area contributed by atoms with Gasteiger partial charge in [-0.1, -0.05) is 26.7 Å². The van der Waals surface area contributed by atoms with E-state index in [-0.39, 0.29) is 0 Å². The van der Waals surface area contributed by atoms with E-state index in [1.54, 1.807) is 0 Å². The summed E-state index contributed by atoms with van der Waals surface area (Å²) in [6.07, 6.45) is 6.49. The molecule has 5 heteroatoms. The van der Waals surface area contributed by atoms with E-state index < -0.39 is 0 Å². The van der Waals surface area contributed by atoms with E-state index in [0.29, 0.717) is 6.04 Å². The van der Waals surface area contributed by atoms with Crippen LogP contribution in [-0.4, -0.2) is 27.4 Å². The summed E-state index contributed by atoms with van der Waals surface area (Å²) in [7, 11) is 0. The van der Waals surface area contributed by atoms with Gasteiger partial charge in [-0.3, -0.25) is 4.57 Å². The minimum atomic E-state index is 0.647. The van der Waals surface area contributed by atoms with Gasteiger partial charge in [-0.2, -0.15) is 0 Å². The summed E-state index contributed by atoms with van der Waals surface area (Å²) >= 11 is 5.32. The molecule has 4 nitrogen and oxygen atoms in total. The number of aromatic amines is 1. The molecular formula is C14H26N4S. The predicted molar refractivity (Wildman–Crippen MR) is 82.1 cm³/mol. The Kier molecular flexibility index (Phi) is 5.02. The van der Waals surface area contributed by atoms with Crippen molar-refractivity contribution in [2.24, 2.45) is 5.92 Å². The van der Waals surface area contributed by atoms with E-state index in [1.807, 2.05) is 0 Å². The maximum absolute atomic E-state index is 5.32. The molecular weight excluding hydrogens is 256 g/mol. The number of nitrogens with one attached hydrogen (secondary N) is 1. The van der Waals surface area contributed by atoms with Gasteiger partial charge in [-0.25, -0.2) is 5.10 Å². The van der Waals surface area contributed by atoms with Gasteiger partial charge in [0.15, 0.2) is 4.77 Å². The fourth-order valence-electron chi connectivity index (χ4n) is 2.87. The first kappa shape index (κ1) is 14.6. The number of hydrogen-bond acceptors (Lipinski definition) is 3. The molecule has 0 amide bonds. The molecule has 0 radical (unpaired) electrons. The van der Waals surface area contributed by atoms with Crippen molar-refractivity contribution in [2.75, 3.05) is 11.4 Å². The second kappa shape index (κ2) is 6.55. The Morgan fingerprint density at radius 1 is 1.42 bits per heavy atom. The standard InChI is InChI=1S/C14H26N4S/c1-4-17-13(15-16-14(17)19)18(10-9-11(2)3)12-7-5-6-8-12/h11-12H,4-10H2,1-3H3,(H,16,19). The summed E-state index contributed by atoms with van der Waals surface area (Å²) in [5, 5.41) is 7.44. The largest absolute Gasteiger partial charge is 0.338 e. The summed E-state index contributed by atoms with van der Waals surface area (Å²) in [6.45, 7) is 8.66. The molecule has 1 fully saturated rings. The molecule has 0 aromatic carbocycles. The Morgan fingerprint density at radius 2 is 2.11 bits per heavy atom. The zero-order valence-corrected chi connectivity index (χ0v) is 13.2. The third kappa shape index (κ3) is 3.38. The molecule has 0 spiro atoms. The van der Waals surface area contributed by atoms with Crippen LogP contribution >= 0.6 is 12.2 Å². The van der Waals surface area contributed by atoms with E-state index in [2.05, 4.69) is 40.4 Å². The number of H-pyrrole nitrogens is 1. The summed E-state index contributed by atoms with van der Waals surface area (Å²) in [4.78, 5) is 2.49. The first-order valence-electron chi connectivity index (χ1n) is 7.55. The average Bonchev–Trinajstić information content (AvgIpc) is 3.00. The van der Waals surface area contributed by atoms with Crippen LogP contribution in [0.15, 0.2) is 0 Å². The molecule has 0 unspecified atom stereocenters. The quantitative estimate of drug-likeness (QED) is 0.807. The Labute approximate surface area is 121 Å². The zero-order valence-electron chi connectivity index (χ0n) is 12.4. The monoisotopic (exact) mass is 282 g/mol. The molecule has 1 aromatic rings. The van der Waals surface area contributed by atoms with E-state index in [9.17, 15) is 0 Å². The molecule has 0 saturated heterocycles. The van der Waals surface area contributed by atoms with Gasteiger partial charge in [-0.05, 0) is 44.3 Å². The number of hydrogen-bond donors (Lipinski definition) is 1. The fraction of sp³-hybridized carbons (Fsp3) is 0.857. The van der Waals surface area contributed by atoms with Crippen LogP contribution in [0.4, 0.5) is 5.95 Å². The van der Waals surface area contributed by atoms with Gasteiger partial charge in [0.1, 0.15) is 0 Å². The lowest BCUT2D eigenvalue weighted by Crippen LogP contribution is -2.36. The van der Waals surface area contributed by atoms with Gasteiger partial charge in [0.25, 0.3) is 0 Å². The minimum Gasteiger partial charge on any atom is -0.338 e. The third-order valence-corrected chi connectivity index (χ3v) is 4.34. The van der Waals surface area contributed by atoms with Gasteiger partial charge < -0.3 is 4.90 Å². The molecule has 0 atom stereocenters.